The molecule has 31 heavy (non-hydrogen) atoms. The second-order valence-corrected chi connectivity index (χ2v) is 9.53. The first kappa shape index (κ1) is 22.0. The van der Waals surface area contributed by atoms with E-state index in [-0.39, 0.29) is 5.91 Å². The first-order valence-electron chi connectivity index (χ1n) is 11.7. The zero-order valence-electron chi connectivity index (χ0n) is 18.4. The molecule has 1 aromatic heterocycles. The molecule has 3 heterocycles. The maximum absolute atomic E-state index is 12.9. The maximum atomic E-state index is 12.9. The molecule has 0 aliphatic carbocycles. The van der Waals surface area contributed by atoms with Gasteiger partial charge in [0.25, 0.3) is 5.91 Å². The molecule has 1 aromatic carbocycles. The van der Waals surface area contributed by atoms with Crippen LogP contribution in [0.3, 0.4) is 0 Å². The first-order valence-corrected chi connectivity index (χ1v) is 12.6. The van der Waals surface area contributed by atoms with Gasteiger partial charge in [-0.1, -0.05) is 18.2 Å². The van der Waals surface area contributed by atoms with Crippen molar-refractivity contribution in [2.24, 2.45) is 0 Å². The van der Waals surface area contributed by atoms with Crippen LogP contribution >= 0.6 is 11.3 Å². The Labute approximate surface area is 190 Å². The zero-order valence-corrected chi connectivity index (χ0v) is 19.2. The van der Waals surface area contributed by atoms with E-state index in [1.165, 1.54) is 25.7 Å². The fourth-order valence-corrected chi connectivity index (χ4v) is 5.59. The van der Waals surface area contributed by atoms with Crippen LogP contribution in [0, 0.1) is 0 Å². The highest BCUT2D eigenvalue weighted by Gasteiger charge is 2.24. The first-order chi connectivity index (χ1) is 15.2. The molecule has 0 saturated carbocycles. The molecule has 2 aromatic rings. The third kappa shape index (κ3) is 5.74. The summed E-state index contributed by atoms with van der Waals surface area (Å²) >= 11 is 1.64. The molecule has 6 heteroatoms. The summed E-state index contributed by atoms with van der Waals surface area (Å²) in [6, 6.07) is 8.14. The van der Waals surface area contributed by atoms with Crippen molar-refractivity contribution in [2.45, 2.75) is 50.9 Å². The summed E-state index contributed by atoms with van der Waals surface area (Å²) in [5, 5.41) is 6.16. The fraction of sp³-hybridized carbons (Fsp3) is 0.520. The van der Waals surface area contributed by atoms with Gasteiger partial charge in [-0.05, 0) is 76.7 Å². The molecule has 1 N–H and O–H groups in total. The van der Waals surface area contributed by atoms with Crippen LogP contribution in [0.5, 0.6) is 0 Å². The fourth-order valence-electron chi connectivity index (χ4n) is 4.62. The van der Waals surface area contributed by atoms with E-state index in [4.69, 9.17) is 4.98 Å². The average Bonchev–Trinajstić information content (AvgIpc) is 3.31. The lowest BCUT2D eigenvalue weighted by Crippen LogP contribution is -2.33. The van der Waals surface area contributed by atoms with E-state index in [1.807, 2.05) is 29.7 Å². The minimum absolute atomic E-state index is 0.103. The van der Waals surface area contributed by atoms with E-state index < -0.39 is 0 Å². The lowest BCUT2D eigenvalue weighted by atomic mass is 9.97. The van der Waals surface area contributed by atoms with Gasteiger partial charge in [0, 0.05) is 24.4 Å². The van der Waals surface area contributed by atoms with Crippen molar-refractivity contribution in [2.75, 3.05) is 42.9 Å². The van der Waals surface area contributed by atoms with Gasteiger partial charge in [0.1, 0.15) is 5.69 Å². The Morgan fingerprint density at radius 3 is 2.71 bits per heavy atom. The van der Waals surface area contributed by atoms with E-state index in [0.29, 0.717) is 11.6 Å². The van der Waals surface area contributed by atoms with Gasteiger partial charge in [-0.3, -0.25) is 4.79 Å². The summed E-state index contributed by atoms with van der Waals surface area (Å²) < 4.78 is 0. The van der Waals surface area contributed by atoms with Gasteiger partial charge in [0.2, 0.25) is 0 Å². The van der Waals surface area contributed by atoms with Crippen molar-refractivity contribution < 1.29 is 4.79 Å². The highest BCUT2D eigenvalue weighted by molar-refractivity contribution is 7.10. The number of rotatable bonds is 8. The zero-order chi connectivity index (χ0) is 21.5. The molecular weight excluding hydrogens is 404 g/mol. The number of carbonyl (C=O) groups is 1. The van der Waals surface area contributed by atoms with Gasteiger partial charge in [0.05, 0.1) is 16.4 Å². The second kappa shape index (κ2) is 10.9. The van der Waals surface area contributed by atoms with Crippen molar-refractivity contribution in [1.82, 2.24) is 9.88 Å². The Bertz CT molecular complexity index is 866. The Balaban J connectivity index is 1.35. The number of thiazole rings is 1. The third-order valence-electron chi connectivity index (χ3n) is 6.42. The number of para-hydroxylation sites is 2. The predicted octanol–water partition coefficient (Wildman–Crippen LogP) is 5.53. The molecule has 2 aliphatic rings. The number of benzene rings is 1. The molecule has 166 valence electrons. The van der Waals surface area contributed by atoms with E-state index in [0.717, 1.165) is 68.4 Å². The number of hydrogen-bond donors (Lipinski definition) is 1. The topological polar surface area (TPSA) is 48.5 Å². The number of allylic oxidation sites excluding steroid dienone is 1. The standard InChI is InChI=1S/C25H34N4OS/c1-2-3-7-14-28-17-12-20(13-18-28)25-27-22(19-31-25)24(30)26-21-10-5-6-11-23(21)29-15-8-4-9-16-29/h2,5-6,10-11,19-20H,1,3-4,7-9,12-18H2,(H,26,30). The van der Waals surface area contributed by atoms with Crippen molar-refractivity contribution >= 4 is 28.6 Å². The molecule has 2 aliphatic heterocycles. The Hall–Kier alpha value is -2.18. The monoisotopic (exact) mass is 438 g/mol. The number of nitrogens with zero attached hydrogens (tertiary/aromatic N) is 3. The van der Waals surface area contributed by atoms with Gasteiger partial charge in [-0.2, -0.15) is 0 Å². The van der Waals surface area contributed by atoms with Crippen LogP contribution in [-0.4, -0.2) is 48.5 Å². The molecule has 0 bridgehead atoms. The van der Waals surface area contributed by atoms with E-state index in [1.54, 1.807) is 11.3 Å². The van der Waals surface area contributed by atoms with Gasteiger partial charge in [-0.15, -0.1) is 17.9 Å². The van der Waals surface area contributed by atoms with Crippen molar-refractivity contribution in [3.8, 4) is 0 Å². The molecular formula is C25H34N4OS. The maximum Gasteiger partial charge on any atom is 0.275 e. The molecule has 0 atom stereocenters. The lowest BCUT2D eigenvalue weighted by molar-refractivity contribution is 0.102. The van der Waals surface area contributed by atoms with Crippen molar-refractivity contribution in [3.05, 3.63) is 53.0 Å². The number of amides is 1. The summed E-state index contributed by atoms with van der Waals surface area (Å²) in [4.78, 5) is 22.6. The minimum atomic E-state index is -0.103. The van der Waals surface area contributed by atoms with Crippen LogP contribution < -0.4 is 10.2 Å². The summed E-state index contributed by atoms with van der Waals surface area (Å²) in [6.45, 7) is 9.30. The predicted molar refractivity (Wildman–Crippen MR) is 130 cm³/mol. The van der Waals surface area contributed by atoms with Crippen LogP contribution in [0.15, 0.2) is 42.3 Å². The molecule has 2 fully saturated rings. The van der Waals surface area contributed by atoms with Crippen LogP contribution in [0.4, 0.5) is 11.4 Å². The number of anilines is 2. The molecule has 4 rings (SSSR count). The molecule has 1 amide bonds. The van der Waals surface area contributed by atoms with Crippen LogP contribution in [-0.2, 0) is 0 Å². The Kier molecular flexibility index (Phi) is 7.76. The van der Waals surface area contributed by atoms with Crippen LogP contribution in [0.1, 0.15) is 66.4 Å². The van der Waals surface area contributed by atoms with Crippen molar-refractivity contribution in [3.63, 3.8) is 0 Å². The molecule has 0 spiro atoms. The molecule has 2 saturated heterocycles. The van der Waals surface area contributed by atoms with E-state index >= 15 is 0 Å². The summed E-state index contributed by atoms with van der Waals surface area (Å²) in [5.74, 6) is 0.372. The smallest absolute Gasteiger partial charge is 0.275 e. The number of likely N-dealkylation sites (tertiary alicyclic amines) is 1. The average molecular weight is 439 g/mol. The van der Waals surface area contributed by atoms with Gasteiger partial charge in [0.15, 0.2) is 0 Å². The minimum Gasteiger partial charge on any atom is -0.370 e. The Morgan fingerprint density at radius 1 is 1.16 bits per heavy atom. The van der Waals surface area contributed by atoms with Crippen LogP contribution in [0.2, 0.25) is 0 Å². The highest BCUT2D eigenvalue weighted by atomic mass is 32.1. The molecule has 0 radical (unpaired) electrons. The number of carbonyl (C=O) groups excluding carboxylic acids is 1. The van der Waals surface area contributed by atoms with E-state index in [9.17, 15) is 4.79 Å². The van der Waals surface area contributed by atoms with Gasteiger partial charge < -0.3 is 15.1 Å². The third-order valence-corrected chi connectivity index (χ3v) is 7.43. The second-order valence-electron chi connectivity index (χ2n) is 8.64. The quantitative estimate of drug-likeness (QED) is 0.435. The number of piperidine rings is 2. The summed E-state index contributed by atoms with van der Waals surface area (Å²) in [7, 11) is 0. The van der Waals surface area contributed by atoms with Gasteiger partial charge in [-0.25, -0.2) is 4.98 Å². The molecule has 5 nitrogen and oxygen atoms in total. The number of unbranched alkanes of at least 4 members (excludes halogenated alkanes) is 1. The SMILES string of the molecule is C=CCCCN1CCC(c2nc(C(=O)Nc3ccccc3N3CCCCC3)cs2)CC1. The molecule has 0 unspecified atom stereocenters. The highest BCUT2D eigenvalue weighted by Crippen LogP contribution is 2.32. The normalized spacial score (nSPS) is 18.1. The number of hydrogen-bond acceptors (Lipinski definition) is 5. The Morgan fingerprint density at radius 2 is 1.94 bits per heavy atom. The number of nitrogens with one attached hydrogen (secondary N) is 1. The summed E-state index contributed by atoms with van der Waals surface area (Å²) in [5.41, 5.74) is 2.55. The summed E-state index contributed by atoms with van der Waals surface area (Å²) in [6.07, 6.45) is 10.2. The van der Waals surface area contributed by atoms with Crippen LogP contribution in [0.25, 0.3) is 0 Å². The van der Waals surface area contributed by atoms with Gasteiger partial charge >= 0.3 is 0 Å². The van der Waals surface area contributed by atoms with Crippen molar-refractivity contribution in [1.29, 1.82) is 0 Å². The van der Waals surface area contributed by atoms with E-state index in [2.05, 4.69) is 27.8 Å². The number of aromatic nitrogens is 1. The largest absolute Gasteiger partial charge is 0.370 e. The lowest BCUT2D eigenvalue weighted by Gasteiger charge is -2.31.